The SMILES string of the molecule is COc1cc2nc(CN)[nH]c(=O)c2cc1OC. The van der Waals surface area contributed by atoms with Gasteiger partial charge in [-0.05, 0) is 6.07 Å². The number of aromatic amines is 1. The van der Waals surface area contributed by atoms with Crippen molar-refractivity contribution < 1.29 is 9.47 Å². The van der Waals surface area contributed by atoms with Crippen LogP contribution in [0.15, 0.2) is 16.9 Å². The lowest BCUT2D eigenvalue weighted by Gasteiger charge is -2.08. The summed E-state index contributed by atoms with van der Waals surface area (Å²) in [5, 5.41) is 0.444. The van der Waals surface area contributed by atoms with Crippen molar-refractivity contribution in [3.8, 4) is 11.5 Å². The van der Waals surface area contributed by atoms with Gasteiger partial charge in [0.05, 0.1) is 31.7 Å². The first-order chi connectivity index (χ1) is 8.19. The molecule has 0 atom stereocenters. The molecule has 0 bridgehead atoms. The second-order valence-electron chi connectivity index (χ2n) is 3.44. The summed E-state index contributed by atoms with van der Waals surface area (Å²) in [6.07, 6.45) is 0. The smallest absolute Gasteiger partial charge is 0.258 e. The van der Waals surface area contributed by atoms with Gasteiger partial charge in [0.1, 0.15) is 5.82 Å². The summed E-state index contributed by atoms with van der Waals surface area (Å²) in [6.45, 7) is 0.180. The molecular formula is C11H13N3O3. The van der Waals surface area contributed by atoms with Crippen LogP contribution in [0.5, 0.6) is 11.5 Å². The molecule has 1 heterocycles. The molecule has 0 saturated carbocycles. The third kappa shape index (κ3) is 1.94. The van der Waals surface area contributed by atoms with Crippen molar-refractivity contribution in [3.05, 3.63) is 28.3 Å². The largest absolute Gasteiger partial charge is 0.493 e. The van der Waals surface area contributed by atoms with Crippen molar-refractivity contribution in [3.63, 3.8) is 0 Å². The van der Waals surface area contributed by atoms with Crippen LogP contribution in [-0.2, 0) is 6.54 Å². The molecule has 0 spiro atoms. The van der Waals surface area contributed by atoms with Crippen molar-refractivity contribution in [1.29, 1.82) is 0 Å². The molecule has 17 heavy (non-hydrogen) atoms. The first kappa shape index (κ1) is 11.4. The Bertz CT molecular complexity index is 607. The van der Waals surface area contributed by atoms with Gasteiger partial charge in [0.15, 0.2) is 11.5 Å². The highest BCUT2D eigenvalue weighted by molar-refractivity contribution is 5.81. The first-order valence-electron chi connectivity index (χ1n) is 5.04. The number of nitrogens with one attached hydrogen (secondary N) is 1. The monoisotopic (exact) mass is 235 g/mol. The van der Waals surface area contributed by atoms with Crippen LogP contribution in [0.25, 0.3) is 10.9 Å². The molecule has 2 aromatic rings. The fourth-order valence-electron chi connectivity index (χ4n) is 1.61. The summed E-state index contributed by atoms with van der Waals surface area (Å²) >= 11 is 0. The number of hydrogen-bond donors (Lipinski definition) is 2. The highest BCUT2D eigenvalue weighted by atomic mass is 16.5. The van der Waals surface area contributed by atoms with Gasteiger partial charge in [-0.2, -0.15) is 0 Å². The molecule has 6 heteroatoms. The molecule has 0 aliphatic heterocycles. The molecule has 0 aliphatic rings. The van der Waals surface area contributed by atoms with E-state index in [1.54, 1.807) is 12.1 Å². The predicted octanol–water partition coefficient (Wildman–Crippen LogP) is 0.399. The van der Waals surface area contributed by atoms with Crippen LogP contribution in [0, 0.1) is 0 Å². The number of ether oxygens (including phenoxy) is 2. The summed E-state index contributed by atoms with van der Waals surface area (Å²) in [7, 11) is 3.04. The van der Waals surface area contributed by atoms with E-state index in [9.17, 15) is 4.79 Å². The fourth-order valence-corrected chi connectivity index (χ4v) is 1.61. The van der Waals surface area contributed by atoms with Crippen molar-refractivity contribution >= 4 is 10.9 Å². The summed E-state index contributed by atoms with van der Waals surface area (Å²) in [5.74, 6) is 1.46. The quantitative estimate of drug-likeness (QED) is 0.803. The van der Waals surface area contributed by atoms with Crippen molar-refractivity contribution in [1.82, 2.24) is 9.97 Å². The average Bonchev–Trinajstić information content (AvgIpc) is 2.36. The number of methoxy groups -OCH3 is 2. The van der Waals surface area contributed by atoms with Crippen molar-refractivity contribution in [2.75, 3.05) is 14.2 Å². The van der Waals surface area contributed by atoms with E-state index in [2.05, 4.69) is 9.97 Å². The van der Waals surface area contributed by atoms with E-state index in [0.29, 0.717) is 28.2 Å². The first-order valence-corrected chi connectivity index (χ1v) is 5.04. The summed E-state index contributed by atoms with van der Waals surface area (Å²) in [4.78, 5) is 18.6. The molecule has 0 unspecified atom stereocenters. The van der Waals surface area contributed by atoms with Crippen LogP contribution in [-0.4, -0.2) is 24.2 Å². The van der Waals surface area contributed by atoms with Gasteiger partial charge in [-0.15, -0.1) is 0 Å². The maximum absolute atomic E-state index is 11.8. The zero-order chi connectivity index (χ0) is 12.4. The highest BCUT2D eigenvalue weighted by Crippen LogP contribution is 2.29. The molecule has 0 aliphatic carbocycles. The van der Waals surface area contributed by atoms with E-state index in [0.717, 1.165) is 0 Å². The zero-order valence-electron chi connectivity index (χ0n) is 9.61. The minimum atomic E-state index is -0.239. The number of nitrogens with zero attached hydrogens (tertiary/aromatic N) is 1. The third-order valence-electron chi connectivity index (χ3n) is 2.45. The number of rotatable bonds is 3. The second kappa shape index (κ2) is 4.42. The van der Waals surface area contributed by atoms with Gasteiger partial charge < -0.3 is 20.2 Å². The standard InChI is InChI=1S/C11H13N3O3/c1-16-8-3-6-7(4-9(8)17-2)13-10(5-12)14-11(6)15/h3-4H,5,12H2,1-2H3,(H,13,14,15). The van der Waals surface area contributed by atoms with Crippen LogP contribution >= 0.6 is 0 Å². The third-order valence-corrected chi connectivity index (χ3v) is 2.45. The Hall–Kier alpha value is -2.08. The maximum atomic E-state index is 11.8. The van der Waals surface area contributed by atoms with Gasteiger partial charge in [-0.25, -0.2) is 4.98 Å². The Morgan fingerprint density at radius 2 is 1.94 bits per heavy atom. The maximum Gasteiger partial charge on any atom is 0.258 e. The molecule has 0 saturated heterocycles. The fraction of sp³-hybridized carbons (Fsp3) is 0.273. The highest BCUT2D eigenvalue weighted by Gasteiger charge is 2.10. The topological polar surface area (TPSA) is 90.2 Å². The van der Waals surface area contributed by atoms with Crippen molar-refractivity contribution in [2.24, 2.45) is 5.73 Å². The molecule has 0 fully saturated rings. The summed E-state index contributed by atoms with van der Waals surface area (Å²) in [5.41, 5.74) is 5.74. The molecule has 0 amide bonds. The molecular weight excluding hydrogens is 222 g/mol. The van der Waals surface area contributed by atoms with E-state index < -0.39 is 0 Å². The minimum Gasteiger partial charge on any atom is -0.493 e. The molecule has 1 aromatic heterocycles. The van der Waals surface area contributed by atoms with Crippen molar-refractivity contribution in [2.45, 2.75) is 6.54 Å². The van der Waals surface area contributed by atoms with Gasteiger partial charge in [0, 0.05) is 6.07 Å². The molecule has 0 radical (unpaired) electrons. The molecule has 2 rings (SSSR count). The second-order valence-corrected chi connectivity index (χ2v) is 3.44. The molecule has 1 aromatic carbocycles. The van der Waals surface area contributed by atoms with Crippen LogP contribution in [0.4, 0.5) is 0 Å². The Balaban J connectivity index is 2.78. The lowest BCUT2D eigenvalue weighted by atomic mass is 10.2. The van der Waals surface area contributed by atoms with Gasteiger partial charge >= 0.3 is 0 Å². The average molecular weight is 235 g/mol. The van der Waals surface area contributed by atoms with Gasteiger partial charge in [0.2, 0.25) is 0 Å². The number of nitrogens with two attached hydrogens (primary N) is 1. The number of hydrogen-bond acceptors (Lipinski definition) is 5. The number of benzene rings is 1. The summed E-state index contributed by atoms with van der Waals surface area (Å²) in [6, 6.07) is 3.25. The van der Waals surface area contributed by atoms with E-state index in [-0.39, 0.29) is 12.1 Å². The lowest BCUT2D eigenvalue weighted by molar-refractivity contribution is 0.355. The zero-order valence-corrected chi connectivity index (χ0v) is 9.61. The summed E-state index contributed by atoms with van der Waals surface area (Å²) < 4.78 is 10.3. The number of fused-ring (bicyclic) bond motifs is 1. The van der Waals surface area contributed by atoms with E-state index >= 15 is 0 Å². The van der Waals surface area contributed by atoms with Gasteiger partial charge in [-0.1, -0.05) is 0 Å². The lowest BCUT2D eigenvalue weighted by Crippen LogP contribution is -2.14. The Morgan fingerprint density at radius 3 is 2.53 bits per heavy atom. The van der Waals surface area contributed by atoms with Crippen LogP contribution < -0.4 is 20.8 Å². The van der Waals surface area contributed by atoms with Crippen LogP contribution in [0.2, 0.25) is 0 Å². The molecule has 3 N–H and O–H groups in total. The predicted molar refractivity (Wildman–Crippen MR) is 63.4 cm³/mol. The van der Waals surface area contributed by atoms with Crippen LogP contribution in [0.1, 0.15) is 5.82 Å². The van der Waals surface area contributed by atoms with E-state index in [1.807, 2.05) is 0 Å². The molecule has 90 valence electrons. The van der Waals surface area contributed by atoms with Gasteiger partial charge in [-0.3, -0.25) is 4.79 Å². The number of aromatic nitrogens is 2. The van der Waals surface area contributed by atoms with Crippen LogP contribution in [0.3, 0.4) is 0 Å². The van der Waals surface area contributed by atoms with E-state index in [4.69, 9.17) is 15.2 Å². The Kier molecular flexibility index (Phi) is 2.97. The molecule has 6 nitrogen and oxygen atoms in total. The number of H-pyrrole nitrogens is 1. The Labute approximate surface area is 97.4 Å². The Morgan fingerprint density at radius 1 is 1.29 bits per heavy atom. The normalized spacial score (nSPS) is 10.5. The van der Waals surface area contributed by atoms with E-state index in [1.165, 1.54) is 14.2 Å². The minimum absolute atomic E-state index is 0.180. The van der Waals surface area contributed by atoms with Gasteiger partial charge in [0.25, 0.3) is 5.56 Å².